The van der Waals surface area contributed by atoms with E-state index in [0.717, 1.165) is 12.3 Å². The first-order valence-electron chi connectivity index (χ1n) is 5.49. The molecule has 0 saturated carbocycles. The summed E-state index contributed by atoms with van der Waals surface area (Å²) < 4.78 is 0. The highest BCUT2D eigenvalue weighted by atomic mass is 16.6. The predicted octanol–water partition coefficient (Wildman–Crippen LogP) is 2.12. The predicted molar refractivity (Wildman–Crippen MR) is 61.7 cm³/mol. The molecule has 0 radical (unpaired) electrons. The van der Waals surface area contributed by atoms with Crippen molar-refractivity contribution in [2.75, 3.05) is 25.7 Å². The van der Waals surface area contributed by atoms with Crippen LogP contribution in [0.3, 0.4) is 0 Å². The highest BCUT2D eigenvalue weighted by molar-refractivity contribution is 5.39. The van der Waals surface area contributed by atoms with Gasteiger partial charge in [0.05, 0.1) is 12.3 Å². The minimum absolute atomic E-state index is 0.571. The highest BCUT2D eigenvalue weighted by Gasteiger charge is 2.20. The van der Waals surface area contributed by atoms with Gasteiger partial charge in [0.1, 0.15) is 0 Å². The van der Waals surface area contributed by atoms with Crippen LogP contribution in [0.5, 0.6) is 0 Å². The first kappa shape index (κ1) is 10.5. The molecule has 1 aliphatic heterocycles. The summed E-state index contributed by atoms with van der Waals surface area (Å²) >= 11 is 0. The summed E-state index contributed by atoms with van der Waals surface area (Å²) in [4.78, 5) is 7.84. The smallest absolute Gasteiger partial charge is 0.0901 e. The number of likely N-dealkylation sites (N-methyl/N-ethyl adjacent to an activating group) is 1. The van der Waals surface area contributed by atoms with Crippen LogP contribution in [0.2, 0.25) is 0 Å². The molecule has 0 spiro atoms. The Morgan fingerprint density at radius 1 is 1.40 bits per heavy atom. The van der Waals surface area contributed by atoms with E-state index in [9.17, 15) is 0 Å². The number of likely N-dealkylation sites (tertiary alicyclic amines) is 1. The fraction of sp³-hybridized carbons (Fsp3) is 0.500. The zero-order chi connectivity index (χ0) is 10.5. The fourth-order valence-corrected chi connectivity index (χ4v) is 1.92. The molecule has 1 aromatic carbocycles. The monoisotopic (exact) mass is 206 g/mol. The Morgan fingerprint density at radius 3 is 2.87 bits per heavy atom. The summed E-state index contributed by atoms with van der Waals surface area (Å²) in [5, 5.41) is 0. The van der Waals surface area contributed by atoms with Crippen molar-refractivity contribution < 1.29 is 4.84 Å². The SMILES string of the molecule is CN1CCCC1CONc1ccccc1. The molecule has 82 valence electrons. The lowest BCUT2D eigenvalue weighted by Gasteiger charge is -2.19. The summed E-state index contributed by atoms with van der Waals surface area (Å²) in [5.41, 5.74) is 3.98. The van der Waals surface area contributed by atoms with Gasteiger partial charge in [0.2, 0.25) is 0 Å². The second-order valence-corrected chi connectivity index (χ2v) is 4.06. The van der Waals surface area contributed by atoms with Crippen LogP contribution in [-0.2, 0) is 4.84 Å². The molecule has 3 nitrogen and oxygen atoms in total. The van der Waals surface area contributed by atoms with E-state index in [4.69, 9.17) is 4.84 Å². The van der Waals surface area contributed by atoms with E-state index in [2.05, 4.69) is 17.4 Å². The van der Waals surface area contributed by atoms with Crippen LogP contribution < -0.4 is 5.48 Å². The molecule has 0 bridgehead atoms. The molecule has 1 fully saturated rings. The summed E-state index contributed by atoms with van der Waals surface area (Å²) in [5.74, 6) is 0. The standard InChI is InChI=1S/C12H18N2O/c1-14-9-5-8-12(14)10-15-13-11-6-3-2-4-7-11/h2-4,6-7,12-13H,5,8-10H2,1H3. The molecule has 1 N–H and O–H groups in total. The van der Waals surface area contributed by atoms with Gasteiger partial charge >= 0.3 is 0 Å². The van der Waals surface area contributed by atoms with Gasteiger partial charge in [0.15, 0.2) is 0 Å². The van der Waals surface area contributed by atoms with Crippen LogP contribution in [-0.4, -0.2) is 31.1 Å². The lowest BCUT2D eigenvalue weighted by atomic mass is 10.2. The van der Waals surface area contributed by atoms with E-state index in [0.29, 0.717) is 6.04 Å². The number of hydrogen-bond acceptors (Lipinski definition) is 3. The van der Waals surface area contributed by atoms with Crippen LogP contribution >= 0.6 is 0 Å². The summed E-state index contributed by atoms with van der Waals surface area (Å²) in [6.07, 6.45) is 2.53. The number of nitrogens with one attached hydrogen (secondary N) is 1. The first-order valence-corrected chi connectivity index (χ1v) is 5.49. The van der Waals surface area contributed by atoms with Crippen molar-refractivity contribution in [3.63, 3.8) is 0 Å². The Balaban J connectivity index is 1.71. The van der Waals surface area contributed by atoms with Gasteiger partial charge in [0.25, 0.3) is 0 Å². The molecule has 1 saturated heterocycles. The zero-order valence-corrected chi connectivity index (χ0v) is 9.15. The molecule has 3 heteroatoms. The van der Waals surface area contributed by atoms with E-state index in [-0.39, 0.29) is 0 Å². The lowest BCUT2D eigenvalue weighted by molar-refractivity contribution is 0.126. The third-order valence-electron chi connectivity index (χ3n) is 2.91. The van der Waals surface area contributed by atoms with Crippen molar-refractivity contribution in [1.82, 2.24) is 4.90 Å². The topological polar surface area (TPSA) is 24.5 Å². The third-order valence-corrected chi connectivity index (χ3v) is 2.91. The molecule has 2 rings (SSSR count). The van der Waals surface area contributed by atoms with Crippen LogP contribution in [0.25, 0.3) is 0 Å². The summed E-state index contributed by atoms with van der Waals surface area (Å²) in [6, 6.07) is 10.6. The van der Waals surface area contributed by atoms with E-state index in [1.54, 1.807) is 0 Å². The Morgan fingerprint density at radius 2 is 2.20 bits per heavy atom. The molecule has 0 amide bonds. The maximum absolute atomic E-state index is 5.48. The Bertz CT molecular complexity index is 289. The molecular weight excluding hydrogens is 188 g/mol. The van der Waals surface area contributed by atoms with E-state index in [1.165, 1.54) is 19.4 Å². The number of anilines is 1. The fourth-order valence-electron chi connectivity index (χ4n) is 1.92. The second kappa shape index (κ2) is 5.14. The molecule has 0 aliphatic carbocycles. The van der Waals surface area contributed by atoms with Crippen molar-refractivity contribution in [1.29, 1.82) is 0 Å². The average molecular weight is 206 g/mol. The maximum atomic E-state index is 5.48. The van der Waals surface area contributed by atoms with Crippen LogP contribution in [0.15, 0.2) is 30.3 Å². The Kier molecular flexibility index (Phi) is 3.59. The zero-order valence-electron chi connectivity index (χ0n) is 9.15. The van der Waals surface area contributed by atoms with Crippen molar-refractivity contribution >= 4 is 5.69 Å². The number of nitrogens with zero attached hydrogens (tertiary/aromatic N) is 1. The van der Waals surface area contributed by atoms with Crippen LogP contribution in [0.4, 0.5) is 5.69 Å². The molecule has 0 aromatic heterocycles. The van der Waals surface area contributed by atoms with Gasteiger partial charge in [-0.3, -0.25) is 10.3 Å². The summed E-state index contributed by atoms with van der Waals surface area (Å²) in [7, 11) is 2.16. The van der Waals surface area contributed by atoms with Crippen molar-refractivity contribution in [3.05, 3.63) is 30.3 Å². The highest BCUT2D eigenvalue weighted by Crippen LogP contribution is 2.15. The average Bonchev–Trinajstić information content (AvgIpc) is 2.66. The maximum Gasteiger partial charge on any atom is 0.0901 e. The van der Waals surface area contributed by atoms with Crippen LogP contribution in [0.1, 0.15) is 12.8 Å². The molecule has 15 heavy (non-hydrogen) atoms. The van der Waals surface area contributed by atoms with Crippen molar-refractivity contribution in [2.45, 2.75) is 18.9 Å². The van der Waals surface area contributed by atoms with E-state index >= 15 is 0 Å². The van der Waals surface area contributed by atoms with Gasteiger partial charge in [-0.1, -0.05) is 18.2 Å². The van der Waals surface area contributed by atoms with Gasteiger partial charge in [-0.25, -0.2) is 0 Å². The summed E-state index contributed by atoms with van der Waals surface area (Å²) in [6.45, 7) is 1.95. The van der Waals surface area contributed by atoms with Crippen LogP contribution in [0, 0.1) is 0 Å². The quantitative estimate of drug-likeness (QED) is 0.764. The largest absolute Gasteiger partial charge is 0.301 e. The number of hydrogen-bond donors (Lipinski definition) is 1. The number of rotatable bonds is 4. The molecule has 1 heterocycles. The van der Waals surface area contributed by atoms with Crippen molar-refractivity contribution in [3.8, 4) is 0 Å². The minimum Gasteiger partial charge on any atom is -0.301 e. The molecular formula is C12H18N2O. The number of para-hydroxylation sites is 1. The van der Waals surface area contributed by atoms with Gasteiger partial charge < -0.3 is 4.90 Å². The lowest BCUT2D eigenvalue weighted by Crippen LogP contribution is -2.30. The first-order chi connectivity index (χ1) is 7.36. The van der Waals surface area contributed by atoms with E-state index in [1.807, 2.05) is 30.3 Å². The minimum atomic E-state index is 0.571. The molecule has 1 aliphatic rings. The number of benzene rings is 1. The Labute approximate surface area is 91.0 Å². The molecule has 1 aromatic rings. The van der Waals surface area contributed by atoms with Gasteiger partial charge in [-0.2, -0.15) is 0 Å². The van der Waals surface area contributed by atoms with Gasteiger partial charge in [-0.15, -0.1) is 0 Å². The Hall–Kier alpha value is -1.06. The molecule has 1 atom stereocenters. The molecule has 1 unspecified atom stereocenters. The third kappa shape index (κ3) is 2.94. The van der Waals surface area contributed by atoms with Crippen molar-refractivity contribution in [2.24, 2.45) is 0 Å². The van der Waals surface area contributed by atoms with E-state index < -0.39 is 0 Å². The van der Waals surface area contributed by atoms with Gasteiger partial charge in [-0.05, 0) is 38.6 Å². The van der Waals surface area contributed by atoms with Gasteiger partial charge in [0, 0.05) is 6.04 Å². The second-order valence-electron chi connectivity index (χ2n) is 4.06. The normalized spacial score (nSPS) is 21.8.